The van der Waals surface area contributed by atoms with E-state index in [1.807, 2.05) is 12.1 Å². The first-order chi connectivity index (χ1) is 10.5. The minimum Gasteiger partial charge on any atom is -0.365 e. The average Bonchev–Trinajstić information content (AvgIpc) is 2.96. The fraction of sp³-hybridized carbons (Fsp3) is 0.571. The van der Waals surface area contributed by atoms with Gasteiger partial charge in [0.05, 0.1) is 17.9 Å². The summed E-state index contributed by atoms with van der Waals surface area (Å²) < 4.78 is 31.1. The summed E-state index contributed by atoms with van der Waals surface area (Å²) in [5.74, 6) is -0.0518. The standard InChI is InChI=1S/C14H19N3O4S/c1-2-22(19,20)16-8-12-13(9-16)21-10-14(18)17(12)7-11-4-3-5-15-6-11/h3-6,12-13H,2,7-10H2,1H3/t12-,13-/m1/s1. The van der Waals surface area contributed by atoms with Gasteiger partial charge in [-0.1, -0.05) is 6.07 Å². The normalized spacial score (nSPS) is 26.2. The smallest absolute Gasteiger partial charge is 0.249 e. The molecule has 1 aromatic heterocycles. The van der Waals surface area contributed by atoms with Gasteiger partial charge in [0, 0.05) is 32.0 Å². The van der Waals surface area contributed by atoms with E-state index in [2.05, 4.69) is 4.98 Å². The topological polar surface area (TPSA) is 79.8 Å². The molecule has 1 aromatic rings. The maximum Gasteiger partial charge on any atom is 0.249 e. The van der Waals surface area contributed by atoms with Crippen LogP contribution in [0.3, 0.4) is 0 Å². The molecule has 0 N–H and O–H groups in total. The summed E-state index contributed by atoms with van der Waals surface area (Å²) in [4.78, 5) is 18.0. The second-order valence-electron chi connectivity index (χ2n) is 5.52. The Hall–Kier alpha value is -1.51. The van der Waals surface area contributed by atoms with E-state index in [9.17, 15) is 13.2 Å². The predicted octanol–water partition coefficient (Wildman–Crippen LogP) is -0.157. The maximum atomic E-state index is 12.2. The molecule has 0 bridgehead atoms. The molecule has 0 aliphatic carbocycles. The Balaban J connectivity index is 1.80. The molecular weight excluding hydrogens is 306 g/mol. The Kier molecular flexibility index (Phi) is 4.16. The molecule has 0 saturated carbocycles. The van der Waals surface area contributed by atoms with E-state index in [1.165, 1.54) is 4.31 Å². The molecule has 0 spiro atoms. The minimum absolute atomic E-state index is 0.00143. The van der Waals surface area contributed by atoms with Crippen LogP contribution in [0.15, 0.2) is 24.5 Å². The van der Waals surface area contributed by atoms with Crippen molar-refractivity contribution in [1.82, 2.24) is 14.2 Å². The molecule has 0 unspecified atom stereocenters. The van der Waals surface area contributed by atoms with Crippen molar-refractivity contribution in [3.63, 3.8) is 0 Å². The summed E-state index contributed by atoms with van der Waals surface area (Å²) in [6, 6.07) is 3.49. The molecule has 2 aliphatic rings. The van der Waals surface area contributed by atoms with Gasteiger partial charge in [-0.25, -0.2) is 8.42 Å². The molecule has 1 amide bonds. The largest absolute Gasteiger partial charge is 0.365 e. The highest BCUT2D eigenvalue weighted by Gasteiger charge is 2.46. The zero-order valence-corrected chi connectivity index (χ0v) is 13.2. The lowest BCUT2D eigenvalue weighted by Crippen LogP contribution is -2.53. The number of hydrogen-bond acceptors (Lipinski definition) is 5. The SMILES string of the molecule is CCS(=O)(=O)N1C[C@@H]2[C@@H](C1)OCC(=O)N2Cc1cccnc1. The Morgan fingerprint density at radius 3 is 2.91 bits per heavy atom. The zero-order chi connectivity index (χ0) is 15.7. The molecule has 7 nitrogen and oxygen atoms in total. The zero-order valence-electron chi connectivity index (χ0n) is 12.4. The van der Waals surface area contributed by atoms with E-state index in [4.69, 9.17) is 4.74 Å². The Bertz CT molecular complexity index is 649. The minimum atomic E-state index is -3.27. The highest BCUT2D eigenvalue weighted by molar-refractivity contribution is 7.89. The van der Waals surface area contributed by atoms with Gasteiger partial charge >= 0.3 is 0 Å². The van der Waals surface area contributed by atoms with E-state index >= 15 is 0 Å². The van der Waals surface area contributed by atoms with Gasteiger partial charge in [-0.05, 0) is 18.6 Å². The quantitative estimate of drug-likeness (QED) is 0.769. The van der Waals surface area contributed by atoms with Crippen LogP contribution in [0.1, 0.15) is 12.5 Å². The number of rotatable bonds is 4. The lowest BCUT2D eigenvalue weighted by Gasteiger charge is -2.36. The van der Waals surface area contributed by atoms with Crippen molar-refractivity contribution in [3.05, 3.63) is 30.1 Å². The number of aromatic nitrogens is 1. The second-order valence-corrected chi connectivity index (χ2v) is 7.77. The third-order valence-electron chi connectivity index (χ3n) is 4.18. The number of hydrogen-bond donors (Lipinski definition) is 0. The van der Waals surface area contributed by atoms with Crippen molar-refractivity contribution >= 4 is 15.9 Å². The third-order valence-corrected chi connectivity index (χ3v) is 5.99. The molecule has 2 fully saturated rings. The fourth-order valence-electron chi connectivity index (χ4n) is 2.94. The van der Waals surface area contributed by atoms with E-state index in [0.717, 1.165) is 5.56 Å². The van der Waals surface area contributed by atoms with Crippen LogP contribution in [0, 0.1) is 0 Å². The molecule has 0 radical (unpaired) electrons. The molecule has 22 heavy (non-hydrogen) atoms. The number of pyridine rings is 1. The van der Waals surface area contributed by atoms with Crippen LogP contribution < -0.4 is 0 Å². The molecule has 0 aromatic carbocycles. The molecule has 2 saturated heterocycles. The van der Waals surface area contributed by atoms with Gasteiger partial charge in [-0.15, -0.1) is 0 Å². The van der Waals surface area contributed by atoms with Gasteiger partial charge in [0.1, 0.15) is 6.61 Å². The van der Waals surface area contributed by atoms with Crippen LogP contribution in [-0.4, -0.2) is 66.1 Å². The predicted molar refractivity (Wildman–Crippen MR) is 79.3 cm³/mol. The van der Waals surface area contributed by atoms with Crippen molar-refractivity contribution in [2.75, 3.05) is 25.4 Å². The summed E-state index contributed by atoms with van der Waals surface area (Å²) in [6.45, 7) is 2.67. The molecule has 8 heteroatoms. The average molecular weight is 325 g/mol. The number of fused-ring (bicyclic) bond motifs is 1. The number of carbonyl (C=O) groups excluding carboxylic acids is 1. The van der Waals surface area contributed by atoms with Crippen LogP contribution in [0.2, 0.25) is 0 Å². The lowest BCUT2D eigenvalue weighted by molar-refractivity contribution is -0.153. The number of ether oxygens (including phenoxy) is 1. The van der Waals surface area contributed by atoms with E-state index in [-0.39, 0.29) is 30.4 Å². The van der Waals surface area contributed by atoms with Gasteiger partial charge in [0.25, 0.3) is 0 Å². The third kappa shape index (κ3) is 2.86. The number of sulfonamides is 1. The summed E-state index contributed by atoms with van der Waals surface area (Å²) in [7, 11) is -3.27. The summed E-state index contributed by atoms with van der Waals surface area (Å²) in [5, 5.41) is 0. The number of nitrogens with zero attached hydrogens (tertiary/aromatic N) is 3. The first-order valence-corrected chi connectivity index (χ1v) is 8.90. The summed E-state index contributed by atoms with van der Waals surface area (Å²) in [6.07, 6.45) is 3.14. The van der Waals surface area contributed by atoms with Crippen molar-refractivity contribution in [2.45, 2.75) is 25.6 Å². The van der Waals surface area contributed by atoms with E-state index < -0.39 is 10.0 Å². The monoisotopic (exact) mass is 325 g/mol. The van der Waals surface area contributed by atoms with Gasteiger partial charge in [0.15, 0.2) is 0 Å². The second kappa shape index (κ2) is 5.94. The van der Waals surface area contributed by atoms with E-state index in [0.29, 0.717) is 19.6 Å². The number of amides is 1. The first kappa shape index (κ1) is 15.4. The molecular formula is C14H19N3O4S. The van der Waals surface area contributed by atoms with Crippen molar-refractivity contribution in [3.8, 4) is 0 Å². The van der Waals surface area contributed by atoms with Crippen molar-refractivity contribution in [2.24, 2.45) is 0 Å². The molecule has 3 rings (SSSR count). The Morgan fingerprint density at radius 1 is 1.41 bits per heavy atom. The van der Waals surface area contributed by atoms with Gasteiger partial charge in [-0.2, -0.15) is 4.31 Å². The fourth-order valence-corrected chi connectivity index (χ4v) is 4.05. The van der Waals surface area contributed by atoms with Gasteiger partial charge < -0.3 is 9.64 Å². The molecule has 3 heterocycles. The highest BCUT2D eigenvalue weighted by Crippen LogP contribution is 2.26. The Morgan fingerprint density at radius 2 is 2.23 bits per heavy atom. The van der Waals surface area contributed by atoms with Crippen LogP contribution >= 0.6 is 0 Å². The van der Waals surface area contributed by atoms with Crippen LogP contribution in [0.25, 0.3) is 0 Å². The van der Waals surface area contributed by atoms with Crippen LogP contribution in [0.5, 0.6) is 0 Å². The summed E-state index contributed by atoms with van der Waals surface area (Å²) >= 11 is 0. The van der Waals surface area contributed by atoms with Crippen molar-refractivity contribution in [1.29, 1.82) is 0 Å². The first-order valence-electron chi connectivity index (χ1n) is 7.29. The summed E-state index contributed by atoms with van der Waals surface area (Å²) in [5.41, 5.74) is 0.924. The molecule has 120 valence electrons. The van der Waals surface area contributed by atoms with Crippen LogP contribution in [0.4, 0.5) is 0 Å². The molecule has 2 aliphatic heterocycles. The van der Waals surface area contributed by atoms with Crippen molar-refractivity contribution < 1.29 is 17.9 Å². The number of morpholine rings is 1. The van der Waals surface area contributed by atoms with Gasteiger partial charge in [-0.3, -0.25) is 9.78 Å². The highest BCUT2D eigenvalue weighted by atomic mass is 32.2. The van der Waals surface area contributed by atoms with Crippen LogP contribution in [-0.2, 0) is 26.1 Å². The van der Waals surface area contributed by atoms with Gasteiger partial charge in [0.2, 0.25) is 15.9 Å². The lowest BCUT2D eigenvalue weighted by atomic mass is 10.1. The number of carbonyl (C=O) groups is 1. The van der Waals surface area contributed by atoms with E-state index in [1.54, 1.807) is 24.2 Å². The maximum absolute atomic E-state index is 12.2. The Labute approximate surface area is 129 Å². The molecule has 2 atom stereocenters.